The molecule has 1 atom stereocenters. The second-order valence-corrected chi connectivity index (χ2v) is 7.76. The highest BCUT2D eigenvalue weighted by molar-refractivity contribution is 5.55. The minimum atomic E-state index is 0.124. The molecule has 1 aliphatic heterocycles. The molecule has 27 heavy (non-hydrogen) atoms. The Labute approximate surface area is 158 Å². The van der Waals surface area contributed by atoms with Gasteiger partial charge in [0.15, 0.2) is 11.6 Å². The lowest BCUT2D eigenvalue weighted by atomic mass is 9.77. The molecular formula is C21H23N5O. The molecule has 3 aromatic rings. The van der Waals surface area contributed by atoms with Crippen LogP contribution in [0.2, 0.25) is 0 Å². The van der Waals surface area contributed by atoms with Crippen molar-refractivity contribution in [2.75, 3.05) is 13.1 Å². The second kappa shape index (κ2) is 6.53. The van der Waals surface area contributed by atoms with Gasteiger partial charge in [-0.25, -0.2) is 9.97 Å². The highest BCUT2D eigenvalue weighted by atomic mass is 16.5. The van der Waals surface area contributed by atoms with E-state index in [1.165, 1.54) is 24.1 Å². The molecular weight excluding hydrogens is 338 g/mol. The van der Waals surface area contributed by atoms with Gasteiger partial charge >= 0.3 is 0 Å². The van der Waals surface area contributed by atoms with Gasteiger partial charge in [-0.1, -0.05) is 35.5 Å². The molecule has 0 bridgehead atoms. The van der Waals surface area contributed by atoms with Gasteiger partial charge in [0.1, 0.15) is 0 Å². The predicted molar refractivity (Wildman–Crippen MR) is 101 cm³/mol. The molecule has 0 saturated carbocycles. The third-order valence-corrected chi connectivity index (χ3v) is 5.86. The smallest absolute Gasteiger partial charge is 0.223 e. The molecule has 2 aromatic heterocycles. The second-order valence-electron chi connectivity index (χ2n) is 7.76. The van der Waals surface area contributed by atoms with Gasteiger partial charge in [-0.2, -0.15) is 4.98 Å². The average molecular weight is 361 g/mol. The highest BCUT2D eigenvalue weighted by Gasteiger charge is 2.43. The number of aryl methyl sites for hydroxylation is 2. The van der Waals surface area contributed by atoms with Crippen LogP contribution in [-0.2, 0) is 18.4 Å². The fraction of sp³-hybridized carbons (Fsp3) is 0.429. The van der Waals surface area contributed by atoms with E-state index >= 15 is 0 Å². The molecule has 138 valence electrons. The van der Waals surface area contributed by atoms with E-state index in [0.29, 0.717) is 5.89 Å². The number of likely N-dealkylation sites (tertiary alicyclic amines) is 1. The van der Waals surface area contributed by atoms with Crippen molar-refractivity contribution in [3.05, 3.63) is 59.5 Å². The fourth-order valence-corrected chi connectivity index (χ4v) is 4.63. The zero-order chi connectivity index (χ0) is 18.3. The topological polar surface area (TPSA) is 67.9 Å². The molecule has 0 radical (unpaired) electrons. The Morgan fingerprint density at radius 2 is 2.04 bits per heavy atom. The lowest BCUT2D eigenvalue weighted by Gasteiger charge is -2.40. The van der Waals surface area contributed by atoms with Gasteiger partial charge in [-0.3, -0.25) is 4.90 Å². The standard InChI is InChI=1S/C21H23N5O/c1-15-23-18(25-27-15)13-26-11-5-9-21(14-26)10-8-17-12-22-20(24-19(17)21)16-6-3-2-4-7-16/h2-4,6-7,12H,5,8-11,13-14H2,1H3. The van der Waals surface area contributed by atoms with Crippen molar-refractivity contribution in [2.45, 2.75) is 44.6 Å². The molecule has 3 heterocycles. The van der Waals surface area contributed by atoms with Crippen LogP contribution in [0.25, 0.3) is 11.4 Å². The summed E-state index contributed by atoms with van der Waals surface area (Å²) in [4.78, 5) is 16.5. The number of aromatic nitrogens is 4. The summed E-state index contributed by atoms with van der Waals surface area (Å²) in [6.45, 7) is 4.65. The van der Waals surface area contributed by atoms with Crippen LogP contribution in [0.4, 0.5) is 0 Å². The Morgan fingerprint density at radius 1 is 1.15 bits per heavy atom. The van der Waals surface area contributed by atoms with Crippen molar-refractivity contribution in [3.8, 4) is 11.4 Å². The zero-order valence-corrected chi connectivity index (χ0v) is 15.6. The van der Waals surface area contributed by atoms with E-state index in [2.05, 4.69) is 32.2 Å². The number of hydrogen-bond acceptors (Lipinski definition) is 6. The maximum Gasteiger partial charge on any atom is 0.223 e. The van der Waals surface area contributed by atoms with Gasteiger partial charge in [-0.15, -0.1) is 0 Å². The molecule has 1 aliphatic carbocycles. The zero-order valence-electron chi connectivity index (χ0n) is 15.6. The molecule has 6 nitrogen and oxygen atoms in total. The van der Waals surface area contributed by atoms with E-state index in [1.807, 2.05) is 31.3 Å². The van der Waals surface area contributed by atoms with Gasteiger partial charge < -0.3 is 4.52 Å². The first-order chi connectivity index (χ1) is 13.2. The van der Waals surface area contributed by atoms with E-state index in [4.69, 9.17) is 9.51 Å². The van der Waals surface area contributed by atoms with Crippen LogP contribution >= 0.6 is 0 Å². The normalized spacial score (nSPS) is 22.3. The molecule has 1 unspecified atom stereocenters. The number of rotatable bonds is 3. The largest absolute Gasteiger partial charge is 0.340 e. The highest BCUT2D eigenvalue weighted by Crippen LogP contribution is 2.44. The van der Waals surface area contributed by atoms with E-state index in [9.17, 15) is 0 Å². The van der Waals surface area contributed by atoms with Crippen LogP contribution in [0.5, 0.6) is 0 Å². The number of piperidine rings is 1. The minimum Gasteiger partial charge on any atom is -0.340 e. The number of hydrogen-bond donors (Lipinski definition) is 0. The monoisotopic (exact) mass is 361 g/mol. The first-order valence-electron chi connectivity index (χ1n) is 9.65. The van der Waals surface area contributed by atoms with Gasteiger partial charge in [0, 0.05) is 30.6 Å². The first kappa shape index (κ1) is 16.6. The number of fused-ring (bicyclic) bond motifs is 2. The third kappa shape index (κ3) is 3.04. The predicted octanol–water partition coefficient (Wildman–Crippen LogP) is 3.32. The summed E-state index contributed by atoms with van der Waals surface area (Å²) in [7, 11) is 0. The number of nitrogens with zero attached hydrogens (tertiary/aromatic N) is 5. The van der Waals surface area contributed by atoms with Gasteiger partial charge in [-0.05, 0) is 37.8 Å². The van der Waals surface area contributed by atoms with Crippen molar-refractivity contribution in [1.29, 1.82) is 0 Å². The van der Waals surface area contributed by atoms with Crippen LogP contribution in [0.1, 0.15) is 42.2 Å². The van der Waals surface area contributed by atoms with Crippen LogP contribution in [-0.4, -0.2) is 38.1 Å². The molecule has 5 rings (SSSR count). The fourth-order valence-electron chi connectivity index (χ4n) is 4.63. The van der Waals surface area contributed by atoms with Crippen LogP contribution in [0.15, 0.2) is 41.1 Å². The average Bonchev–Trinajstić information content (AvgIpc) is 3.26. The van der Waals surface area contributed by atoms with E-state index in [1.54, 1.807) is 0 Å². The summed E-state index contributed by atoms with van der Waals surface area (Å²) in [5.41, 5.74) is 3.77. The van der Waals surface area contributed by atoms with Crippen LogP contribution < -0.4 is 0 Å². The summed E-state index contributed by atoms with van der Waals surface area (Å²) in [5.74, 6) is 2.24. The Bertz CT molecular complexity index is 950. The summed E-state index contributed by atoms with van der Waals surface area (Å²) in [6.07, 6.45) is 6.62. The Balaban J connectivity index is 1.44. The minimum absolute atomic E-state index is 0.124. The summed E-state index contributed by atoms with van der Waals surface area (Å²) in [6, 6.07) is 10.3. The third-order valence-electron chi connectivity index (χ3n) is 5.86. The van der Waals surface area contributed by atoms with E-state index in [-0.39, 0.29) is 5.41 Å². The number of benzene rings is 1. The van der Waals surface area contributed by atoms with Crippen molar-refractivity contribution in [1.82, 2.24) is 25.0 Å². The molecule has 6 heteroatoms. The van der Waals surface area contributed by atoms with Crippen LogP contribution in [0.3, 0.4) is 0 Å². The van der Waals surface area contributed by atoms with Crippen molar-refractivity contribution in [3.63, 3.8) is 0 Å². The summed E-state index contributed by atoms with van der Waals surface area (Å²) < 4.78 is 5.14. The van der Waals surface area contributed by atoms with Gasteiger partial charge in [0.2, 0.25) is 5.89 Å². The summed E-state index contributed by atoms with van der Waals surface area (Å²) in [5, 5.41) is 4.07. The molecule has 1 spiro atoms. The Kier molecular flexibility index (Phi) is 4.01. The quantitative estimate of drug-likeness (QED) is 0.713. The Morgan fingerprint density at radius 3 is 2.85 bits per heavy atom. The SMILES string of the molecule is Cc1nc(CN2CCCC3(CCc4cnc(-c5ccccc5)nc43)C2)no1. The lowest BCUT2D eigenvalue weighted by molar-refractivity contribution is 0.133. The van der Waals surface area contributed by atoms with E-state index < -0.39 is 0 Å². The van der Waals surface area contributed by atoms with E-state index in [0.717, 1.165) is 49.7 Å². The molecule has 0 N–H and O–H groups in total. The van der Waals surface area contributed by atoms with Gasteiger partial charge in [0.05, 0.1) is 12.2 Å². The lowest BCUT2D eigenvalue weighted by Crippen LogP contribution is -2.45. The molecule has 1 saturated heterocycles. The van der Waals surface area contributed by atoms with Crippen molar-refractivity contribution in [2.24, 2.45) is 0 Å². The maximum absolute atomic E-state index is 5.14. The van der Waals surface area contributed by atoms with Gasteiger partial charge in [0.25, 0.3) is 0 Å². The molecule has 1 aromatic carbocycles. The molecule has 1 fully saturated rings. The van der Waals surface area contributed by atoms with Crippen LogP contribution in [0, 0.1) is 6.92 Å². The van der Waals surface area contributed by atoms with Crippen molar-refractivity contribution >= 4 is 0 Å². The molecule has 2 aliphatic rings. The Hall–Kier alpha value is -2.60. The summed E-state index contributed by atoms with van der Waals surface area (Å²) >= 11 is 0. The molecule has 0 amide bonds. The maximum atomic E-state index is 5.14. The van der Waals surface area contributed by atoms with Crippen molar-refractivity contribution < 1.29 is 4.52 Å². The first-order valence-corrected chi connectivity index (χ1v) is 9.65.